The van der Waals surface area contributed by atoms with Gasteiger partial charge in [-0.2, -0.15) is 43.9 Å². The zero-order chi connectivity index (χ0) is 86.1. The van der Waals surface area contributed by atoms with Crippen molar-refractivity contribution in [3.05, 3.63) is 344 Å². The summed E-state index contributed by atoms with van der Waals surface area (Å²) in [6.45, 7) is 9.55. The Kier molecular flexibility index (Phi) is 22.1. The highest BCUT2D eigenvalue weighted by Crippen LogP contribution is 2.36. The van der Waals surface area contributed by atoms with Gasteiger partial charge in [0.2, 0.25) is 5.88 Å². The average Bonchev–Trinajstić information content (AvgIpc) is 1.54. The zero-order valence-electron chi connectivity index (χ0n) is 66.8. The summed E-state index contributed by atoms with van der Waals surface area (Å²) in [6, 6.07) is 56.0. The molecule has 0 aliphatic rings. The van der Waals surface area contributed by atoms with E-state index >= 15 is 4.39 Å². The fraction of sp³-hybridized carbons (Fsp3) is 0.143. The molecule has 0 bridgehead atoms. The molecule has 0 saturated heterocycles. The largest absolute Gasteiger partial charge is 0.481 e. The first-order valence-corrected chi connectivity index (χ1v) is 38.7. The van der Waals surface area contributed by atoms with E-state index in [0.29, 0.717) is 134 Å². The Bertz CT molecular complexity index is 7390. The van der Waals surface area contributed by atoms with Crippen molar-refractivity contribution < 1.29 is 36.7 Å². The van der Waals surface area contributed by atoms with E-state index in [0.717, 1.165) is 21.8 Å². The van der Waals surface area contributed by atoms with Crippen LogP contribution in [0.15, 0.2) is 271 Å². The van der Waals surface area contributed by atoms with Gasteiger partial charge in [-0.1, -0.05) is 109 Å². The molecule has 0 saturated carbocycles. The van der Waals surface area contributed by atoms with Crippen molar-refractivity contribution in [3.8, 4) is 62.4 Å². The standard InChI is InChI=1S/C31H25FN6O3.C30H24F3N7O2.C30H24N8O2/c1-18(35-30(39)27-19(2)36-37-14-8-13-33-29(27)37)25-15-20-9-7-12-22(23-16-26(41-3)34-17-24(23)32)28(20)31(40)38(25)21-10-5-4-6-11-21;1-18(36-28(41)25-19(2)37-39-13-7-12-34-27(25)39)24-14-20-8-6-11-23(21-15-35-38(16-21)17-30(31,32)33)26(20)29(42)40(24)22-9-4-3-5-10-22;1-19(34-29(39)26-20(2)35-37-14-7-13-32-28(26)37)25-16-21-8-6-11-24(22-17-33-36(18-22)15-12-31)27(21)30(40)38(25)23-9-4-3-5-10-23/h4-18H,1-3H3,(H,35,39);3-16,18H,17H2,1-2H3,(H,36,41);3-11,13-14,16-19H,15H2,1-2H3,(H,34,39)/t2*18-;19-/m000/s1. The quantitative estimate of drug-likeness (QED) is 0.0672. The molecule has 28 nitrogen and oxygen atoms in total. The second-order valence-electron chi connectivity index (χ2n) is 28.9. The minimum atomic E-state index is -4.43. The van der Waals surface area contributed by atoms with Crippen molar-refractivity contribution in [2.24, 2.45) is 0 Å². The first kappa shape index (κ1) is 80.6. The second-order valence-corrected chi connectivity index (χ2v) is 28.9. The van der Waals surface area contributed by atoms with Crippen LogP contribution < -0.4 is 37.4 Å². The number of aryl methyl sites for hydroxylation is 3. The molecule has 0 aliphatic heterocycles. The van der Waals surface area contributed by atoms with Crippen LogP contribution >= 0.6 is 0 Å². The van der Waals surface area contributed by atoms with Crippen molar-refractivity contribution in [1.82, 2.24) is 98.0 Å². The van der Waals surface area contributed by atoms with Crippen molar-refractivity contribution >= 4 is 67.0 Å². The molecule has 3 N–H and O–H groups in total. The minimum Gasteiger partial charge on any atom is -0.481 e. The van der Waals surface area contributed by atoms with Crippen LogP contribution in [0.25, 0.3) is 99.7 Å². The summed E-state index contributed by atoms with van der Waals surface area (Å²) in [5, 5.41) is 42.5. The number of carbonyl (C=O) groups excluding carboxylic acids is 3. The lowest BCUT2D eigenvalue weighted by Gasteiger charge is -2.22. The normalized spacial score (nSPS) is 12.2. The third-order valence-corrected chi connectivity index (χ3v) is 20.8. The third-order valence-electron chi connectivity index (χ3n) is 20.8. The minimum absolute atomic E-state index is 0.113. The molecule has 12 heterocycles. The first-order chi connectivity index (χ1) is 59.4. The number of fused-ring (bicyclic) bond motifs is 6. The topological polar surface area (TPSA) is 325 Å². The van der Waals surface area contributed by atoms with Gasteiger partial charge in [-0.05, 0) is 147 Å². The van der Waals surface area contributed by atoms with Crippen LogP contribution in [-0.2, 0) is 13.1 Å². The summed E-state index contributed by atoms with van der Waals surface area (Å²) >= 11 is 0. The second kappa shape index (κ2) is 33.7. The number of nitrogens with one attached hydrogen (secondary N) is 3. The fourth-order valence-electron chi connectivity index (χ4n) is 15.3. The maximum absolute atomic E-state index is 15.0. The van der Waals surface area contributed by atoms with Crippen LogP contribution in [0.5, 0.6) is 5.88 Å². The number of pyridine rings is 4. The number of nitrogens with zero attached hydrogens (tertiary/aromatic N) is 18. The molecule has 12 aromatic heterocycles. The van der Waals surface area contributed by atoms with Gasteiger partial charge in [0.15, 0.2) is 16.9 Å². The third kappa shape index (κ3) is 15.9. The van der Waals surface area contributed by atoms with Crippen LogP contribution in [0.4, 0.5) is 17.6 Å². The molecular formula is C91H73F4N21O7. The van der Waals surface area contributed by atoms with E-state index in [-0.39, 0.29) is 46.5 Å². The van der Waals surface area contributed by atoms with Crippen LogP contribution in [0.3, 0.4) is 0 Å². The number of hydrogen-bond donors (Lipinski definition) is 3. The lowest BCUT2D eigenvalue weighted by molar-refractivity contribution is -0.142. The number of nitriles is 1. The number of aromatic nitrogens is 17. The van der Waals surface area contributed by atoms with Crippen LogP contribution in [-0.4, -0.2) is 113 Å². The Morgan fingerprint density at radius 1 is 0.455 bits per heavy atom. The van der Waals surface area contributed by atoms with E-state index in [1.807, 2.05) is 111 Å². The zero-order valence-corrected chi connectivity index (χ0v) is 66.8. The van der Waals surface area contributed by atoms with Gasteiger partial charge in [-0.25, -0.2) is 37.9 Å². The number of ether oxygens (including phenoxy) is 1. The molecule has 0 aliphatic carbocycles. The molecule has 0 unspecified atom stereocenters. The van der Waals surface area contributed by atoms with E-state index < -0.39 is 42.6 Å². The van der Waals surface area contributed by atoms with Crippen LogP contribution in [0, 0.1) is 37.9 Å². The van der Waals surface area contributed by atoms with E-state index in [1.165, 1.54) is 39.3 Å². The number of amides is 3. The number of alkyl halides is 3. The van der Waals surface area contributed by atoms with E-state index in [4.69, 9.17) is 10.00 Å². The predicted octanol–water partition coefficient (Wildman–Crippen LogP) is 14.5. The SMILES string of the molecule is COc1cc(-c2cccc3cc([C@H](C)NC(=O)c4c(C)nn5cccnc45)n(-c4ccccc4)c(=O)c23)c(F)cn1.Cc1nn2cccnc2c1C(=O)N[C@@H](C)c1cc2cccc(-c3cnn(CC#N)c3)c2c(=O)n1-c1ccccc1.Cc1nn2cccnc2c1C(=O)N[C@@H](C)c1cc2cccc(-c3cnn(CC(F)(F)F)c3)c2c(=O)n1-c1ccccc1. The Labute approximate surface area is 695 Å². The van der Waals surface area contributed by atoms with E-state index in [2.05, 4.69) is 67.4 Å². The number of rotatable bonds is 18. The number of carbonyl (C=O) groups is 3. The average molecular weight is 1650 g/mol. The number of methoxy groups -OCH3 is 1. The molecule has 612 valence electrons. The van der Waals surface area contributed by atoms with Gasteiger partial charge in [0, 0.05) is 106 Å². The predicted molar refractivity (Wildman–Crippen MR) is 453 cm³/mol. The molecule has 0 spiro atoms. The summed E-state index contributed by atoms with van der Waals surface area (Å²) in [5.41, 5.74) is 9.44. The molecular weight excluding hydrogens is 1580 g/mol. The summed E-state index contributed by atoms with van der Waals surface area (Å²) < 4.78 is 70.8. The number of para-hydroxylation sites is 3. The Balaban J connectivity index is 0.000000137. The highest BCUT2D eigenvalue weighted by Gasteiger charge is 2.31. The van der Waals surface area contributed by atoms with Crippen LogP contribution in [0.1, 0.15) is 104 Å². The van der Waals surface area contributed by atoms with Gasteiger partial charge in [0.25, 0.3) is 34.4 Å². The van der Waals surface area contributed by atoms with Gasteiger partial charge in [0.1, 0.15) is 35.6 Å². The molecule has 0 fully saturated rings. The summed E-state index contributed by atoms with van der Waals surface area (Å²) in [7, 11) is 1.45. The summed E-state index contributed by atoms with van der Waals surface area (Å²) in [6.07, 6.45) is 12.6. The summed E-state index contributed by atoms with van der Waals surface area (Å²) in [4.78, 5) is 100. The van der Waals surface area contributed by atoms with Gasteiger partial charge < -0.3 is 20.7 Å². The molecule has 123 heavy (non-hydrogen) atoms. The highest BCUT2D eigenvalue weighted by atomic mass is 19.4. The number of benzene rings is 6. The van der Waals surface area contributed by atoms with Crippen LogP contribution in [0.2, 0.25) is 0 Å². The van der Waals surface area contributed by atoms with Crippen molar-refractivity contribution in [2.45, 2.75) is 78.9 Å². The fourth-order valence-corrected chi connectivity index (χ4v) is 15.3. The van der Waals surface area contributed by atoms with Crippen molar-refractivity contribution in [3.63, 3.8) is 0 Å². The lowest BCUT2D eigenvalue weighted by atomic mass is 9.98. The molecule has 0 radical (unpaired) electrons. The molecule has 3 amide bonds. The van der Waals surface area contributed by atoms with Gasteiger partial charge in [-0.3, -0.25) is 51.8 Å². The molecule has 6 aromatic carbocycles. The maximum atomic E-state index is 15.0. The van der Waals surface area contributed by atoms with Crippen molar-refractivity contribution in [2.75, 3.05) is 7.11 Å². The number of hydrogen-bond acceptors (Lipinski definition) is 17. The Hall–Kier alpha value is -16.2. The highest BCUT2D eigenvalue weighted by molar-refractivity contribution is 6.04. The Morgan fingerprint density at radius 2 is 0.813 bits per heavy atom. The van der Waals surface area contributed by atoms with Crippen molar-refractivity contribution in [1.29, 1.82) is 5.26 Å². The monoisotopic (exact) mass is 1650 g/mol. The molecule has 18 rings (SSSR count). The van der Waals surface area contributed by atoms with E-state index in [9.17, 15) is 41.9 Å². The lowest BCUT2D eigenvalue weighted by Crippen LogP contribution is -2.32. The van der Waals surface area contributed by atoms with Gasteiger partial charge in [0.05, 0.1) is 83.1 Å². The van der Waals surface area contributed by atoms with E-state index in [1.54, 1.807) is 180 Å². The number of halogens is 4. The summed E-state index contributed by atoms with van der Waals surface area (Å²) in [5.74, 6) is -1.44. The smallest absolute Gasteiger partial charge is 0.408 e. The molecule has 3 atom stereocenters. The molecule has 18 aromatic rings. The van der Waals surface area contributed by atoms with Gasteiger partial charge in [-0.15, -0.1) is 0 Å². The van der Waals surface area contributed by atoms with Gasteiger partial charge >= 0.3 is 6.18 Å². The molecule has 32 heteroatoms. The first-order valence-electron chi connectivity index (χ1n) is 38.7. The maximum Gasteiger partial charge on any atom is 0.408 e. The Morgan fingerprint density at radius 3 is 1.18 bits per heavy atom.